The summed E-state index contributed by atoms with van der Waals surface area (Å²) in [5.74, 6) is 1.11. The maximum absolute atomic E-state index is 9.53. The van der Waals surface area contributed by atoms with Gasteiger partial charge in [-0.05, 0) is 18.4 Å². The van der Waals surface area contributed by atoms with Crippen LogP contribution in [-0.4, -0.2) is 25.0 Å². The molecule has 0 aromatic heterocycles. The van der Waals surface area contributed by atoms with E-state index in [1.807, 2.05) is 6.26 Å². The lowest BCUT2D eigenvalue weighted by Crippen LogP contribution is -2.12. The van der Waals surface area contributed by atoms with Gasteiger partial charge in [-0.1, -0.05) is 0 Å². The molecule has 47 valence electrons. The van der Waals surface area contributed by atoms with Crippen LogP contribution in [0.4, 0.5) is 0 Å². The molecular formula is C5H10NOS. The van der Waals surface area contributed by atoms with Crippen LogP contribution in [0.25, 0.3) is 0 Å². The topological polar surface area (TPSA) is 29.1 Å². The molecule has 0 heterocycles. The Morgan fingerprint density at radius 2 is 2.50 bits per heavy atom. The van der Waals surface area contributed by atoms with Crippen molar-refractivity contribution in [2.75, 3.05) is 18.6 Å². The summed E-state index contributed by atoms with van der Waals surface area (Å²) in [5, 5.41) is 2.46. The molecule has 0 atom stereocenters. The molecular weight excluding hydrogens is 122 g/mol. The van der Waals surface area contributed by atoms with E-state index in [9.17, 15) is 4.79 Å². The van der Waals surface area contributed by atoms with Gasteiger partial charge < -0.3 is 5.32 Å². The van der Waals surface area contributed by atoms with E-state index >= 15 is 0 Å². The molecule has 0 aliphatic heterocycles. The first-order chi connectivity index (χ1) is 3.91. The summed E-state index contributed by atoms with van der Waals surface area (Å²) >= 11 is 1.78. The summed E-state index contributed by atoms with van der Waals surface area (Å²) < 4.78 is 0. The maximum Gasteiger partial charge on any atom is 0.309 e. The molecule has 2 nitrogen and oxygen atoms in total. The van der Waals surface area contributed by atoms with Crippen molar-refractivity contribution in [1.29, 1.82) is 0 Å². The van der Waals surface area contributed by atoms with Gasteiger partial charge >= 0.3 is 6.41 Å². The monoisotopic (exact) mass is 132 g/mol. The number of carbonyl (C=O) groups excluding carboxylic acids is 1. The largest absolute Gasteiger partial charge is 0.348 e. The van der Waals surface area contributed by atoms with Crippen LogP contribution >= 0.6 is 11.8 Å². The second-order valence-electron chi connectivity index (χ2n) is 1.38. The van der Waals surface area contributed by atoms with Gasteiger partial charge in [-0.3, -0.25) is 4.79 Å². The van der Waals surface area contributed by atoms with Gasteiger partial charge in [0.15, 0.2) is 0 Å². The van der Waals surface area contributed by atoms with Gasteiger partial charge in [-0.2, -0.15) is 11.8 Å². The molecule has 1 N–H and O–H groups in total. The average molecular weight is 132 g/mol. The Kier molecular flexibility index (Phi) is 6.67. The van der Waals surface area contributed by atoms with Gasteiger partial charge in [0.05, 0.1) is 0 Å². The minimum absolute atomic E-state index is 0.754. The summed E-state index contributed by atoms with van der Waals surface area (Å²) in [6.45, 7) is 0.754. The molecule has 0 aromatic rings. The lowest BCUT2D eigenvalue weighted by atomic mass is 10.5. The number of hydrogen-bond acceptors (Lipinski definition) is 2. The van der Waals surface area contributed by atoms with E-state index in [1.165, 1.54) is 0 Å². The van der Waals surface area contributed by atoms with Crippen LogP contribution in [0.3, 0.4) is 0 Å². The van der Waals surface area contributed by atoms with Crippen LogP contribution in [0.5, 0.6) is 0 Å². The van der Waals surface area contributed by atoms with Crippen molar-refractivity contribution in [2.24, 2.45) is 0 Å². The SMILES string of the molecule is CSCCCN[C]=O. The lowest BCUT2D eigenvalue weighted by Gasteiger charge is -1.92. The molecule has 0 unspecified atom stereocenters. The van der Waals surface area contributed by atoms with E-state index in [0.29, 0.717) is 0 Å². The molecule has 1 amide bonds. The normalized spacial score (nSPS) is 8.62. The molecule has 0 rings (SSSR count). The van der Waals surface area contributed by atoms with Crippen molar-refractivity contribution in [1.82, 2.24) is 5.32 Å². The highest BCUT2D eigenvalue weighted by molar-refractivity contribution is 7.98. The summed E-state index contributed by atoms with van der Waals surface area (Å²) in [4.78, 5) is 9.53. The Labute approximate surface area is 54.0 Å². The molecule has 0 aliphatic rings. The van der Waals surface area contributed by atoms with E-state index in [-0.39, 0.29) is 0 Å². The van der Waals surface area contributed by atoms with Gasteiger partial charge in [0, 0.05) is 6.54 Å². The molecule has 3 heteroatoms. The zero-order valence-electron chi connectivity index (χ0n) is 4.94. The third-order valence-electron chi connectivity index (χ3n) is 0.722. The molecule has 0 aromatic carbocycles. The van der Waals surface area contributed by atoms with Crippen LogP contribution in [0.2, 0.25) is 0 Å². The van der Waals surface area contributed by atoms with Crippen LogP contribution in [-0.2, 0) is 4.79 Å². The van der Waals surface area contributed by atoms with E-state index in [1.54, 1.807) is 18.2 Å². The Balaban J connectivity index is 2.62. The van der Waals surface area contributed by atoms with Crippen molar-refractivity contribution in [3.8, 4) is 0 Å². The van der Waals surface area contributed by atoms with Gasteiger partial charge in [0.25, 0.3) is 0 Å². The van der Waals surface area contributed by atoms with Crippen molar-refractivity contribution in [3.05, 3.63) is 0 Å². The van der Waals surface area contributed by atoms with Crippen LogP contribution in [0.1, 0.15) is 6.42 Å². The Morgan fingerprint density at radius 3 is 3.00 bits per heavy atom. The fraction of sp³-hybridized carbons (Fsp3) is 0.800. The highest BCUT2D eigenvalue weighted by Crippen LogP contribution is 1.92. The van der Waals surface area contributed by atoms with E-state index in [4.69, 9.17) is 0 Å². The van der Waals surface area contributed by atoms with Crippen molar-refractivity contribution >= 4 is 18.2 Å². The fourth-order valence-electron chi connectivity index (χ4n) is 0.356. The number of hydrogen-bond donors (Lipinski definition) is 1. The molecule has 1 radical (unpaired) electrons. The molecule has 0 aliphatic carbocycles. The third kappa shape index (κ3) is 5.82. The summed E-state index contributed by atoms with van der Waals surface area (Å²) in [5.41, 5.74) is 0. The number of thioether (sulfide) groups is 1. The summed E-state index contributed by atoms with van der Waals surface area (Å²) in [7, 11) is 0. The zero-order valence-corrected chi connectivity index (χ0v) is 5.75. The molecule has 0 spiro atoms. The van der Waals surface area contributed by atoms with Crippen molar-refractivity contribution in [3.63, 3.8) is 0 Å². The van der Waals surface area contributed by atoms with E-state index in [0.717, 1.165) is 18.7 Å². The number of amides is 1. The quantitative estimate of drug-likeness (QED) is 0.433. The van der Waals surface area contributed by atoms with Gasteiger partial charge in [-0.25, -0.2) is 0 Å². The third-order valence-corrected chi connectivity index (χ3v) is 1.42. The smallest absolute Gasteiger partial charge is 0.309 e. The van der Waals surface area contributed by atoms with Crippen LogP contribution < -0.4 is 5.32 Å². The highest BCUT2D eigenvalue weighted by Gasteiger charge is 1.82. The lowest BCUT2D eigenvalue weighted by molar-refractivity contribution is 0.542. The minimum atomic E-state index is 0.754. The summed E-state index contributed by atoms with van der Waals surface area (Å²) in [6, 6.07) is 0. The second kappa shape index (κ2) is 6.82. The van der Waals surface area contributed by atoms with Crippen LogP contribution in [0.15, 0.2) is 0 Å². The molecule has 0 saturated heterocycles. The van der Waals surface area contributed by atoms with Gasteiger partial charge in [-0.15, -0.1) is 0 Å². The number of rotatable bonds is 5. The van der Waals surface area contributed by atoms with Crippen molar-refractivity contribution < 1.29 is 4.79 Å². The summed E-state index contributed by atoms with van der Waals surface area (Å²) in [6.07, 6.45) is 4.70. The Bertz CT molecular complexity index is 58.4. The first kappa shape index (κ1) is 7.82. The molecule has 0 saturated carbocycles. The second-order valence-corrected chi connectivity index (χ2v) is 2.36. The predicted molar refractivity (Wildman–Crippen MR) is 36.7 cm³/mol. The standard InChI is InChI=1S/C5H10NOS/c1-8-4-2-3-6-5-7/h2-4H2,1H3,(H,6,7). The van der Waals surface area contributed by atoms with E-state index in [2.05, 4.69) is 5.32 Å². The Hall–Kier alpha value is -0.180. The Morgan fingerprint density at radius 1 is 1.75 bits per heavy atom. The maximum atomic E-state index is 9.53. The van der Waals surface area contributed by atoms with E-state index < -0.39 is 0 Å². The average Bonchev–Trinajstić information content (AvgIpc) is 1.81. The van der Waals surface area contributed by atoms with Gasteiger partial charge in [0.2, 0.25) is 0 Å². The predicted octanol–water partition coefficient (Wildman–Crippen LogP) is 0.396. The first-order valence-corrected chi connectivity index (χ1v) is 3.90. The highest BCUT2D eigenvalue weighted by atomic mass is 32.2. The molecule has 0 bridgehead atoms. The van der Waals surface area contributed by atoms with Crippen LogP contribution in [0, 0.1) is 0 Å². The minimum Gasteiger partial charge on any atom is -0.348 e. The fourth-order valence-corrected chi connectivity index (χ4v) is 0.789. The molecule has 0 fully saturated rings. The first-order valence-electron chi connectivity index (χ1n) is 2.50. The zero-order chi connectivity index (χ0) is 6.24. The van der Waals surface area contributed by atoms with Gasteiger partial charge in [0.1, 0.15) is 0 Å². The number of nitrogens with one attached hydrogen (secondary N) is 1. The molecule has 8 heavy (non-hydrogen) atoms. The van der Waals surface area contributed by atoms with Crippen molar-refractivity contribution in [2.45, 2.75) is 6.42 Å².